The maximum atomic E-state index is 5.98. The van der Waals surface area contributed by atoms with Gasteiger partial charge in [0.05, 0.1) is 17.4 Å². The number of hydrazone groups is 1. The number of nitrogens with two attached hydrogens (primary N) is 2. The van der Waals surface area contributed by atoms with E-state index >= 15 is 0 Å². The van der Waals surface area contributed by atoms with E-state index in [0.29, 0.717) is 5.69 Å². The standard InChI is InChI=1S/C13H20BN3O2/c1-12(2)13(3,4)19-14(18-12)10-5-6-11(15)9(7-10)8-17-16/h5-8H,15-16H2,1-4H3. The Morgan fingerprint density at radius 3 is 2.26 bits per heavy atom. The van der Waals surface area contributed by atoms with Crippen LogP contribution in [-0.2, 0) is 9.31 Å². The van der Waals surface area contributed by atoms with Crippen LogP contribution >= 0.6 is 0 Å². The lowest BCUT2D eigenvalue weighted by atomic mass is 9.78. The van der Waals surface area contributed by atoms with Crippen LogP contribution in [0.4, 0.5) is 5.69 Å². The van der Waals surface area contributed by atoms with Gasteiger partial charge in [-0.05, 0) is 39.2 Å². The van der Waals surface area contributed by atoms with Gasteiger partial charge in [-0.2, -0.15) is 5.10 Å². The summed E-state index contributed by atoms with van der Waals surface area (Å²) in [7, 11) is -0.407. The second kappa shape index (κ2) is 4.54. The monoisotopic (exact) mass is 261 g/mol. The molecule has 1 saturated heterocycles. The summed E-state index contributed by atoms with van der Waals surface area (Å²) in [6.07, 6.45) is 1.52. The zero-order valence-electron chi connectivity index (χ0n) is 11.8. The van der Waals surface area contributed by atoms with E-state index in [1.807, 2.05) is 39.8 Å². The molecule has 5 nitrogen and oxygen atoms in total. The highest BCUT2D eigenvalue weighted by atomic mass is 16.7. The van der Waals surface area contributed by atoms with Gasteiger partial charge in [-0.25, -0.2) is 0 Å². The van der Waals surface area contributed by atoms with Crippen LogP contribution in [0.1, 0.15) is 33.3 Å². The molecule has 19 heavy (non-hydrogen) atoms. The summed E-state index contributed by atoms with van der Waals surface area (Å²) in [6, 6.07) is 5.58. The molecule has 6 heteroatoms. The molecule has 1 aromatic carbocycles. The van der Waals surface area contributed by atoms with Gasteiger partial charge in [0.2, 0.25) is 0 Å². The zero-order chi connectivity index (χ0) is 14.3. The van der Waals surface area contributed by atoms with Crippen molar-refractivity contribution < 1.29 is 9.31 Å². The molecule has 1 aliphatic rings. The predicted octanol–water partition coefficient (Wildman–Crippen LogP) is 0.861. The molecular formula is C13H20BN3O2. The number of rotatable bonds is 2. The topological polar surface area (TPSA) is 82.9 Å². The van der Waals surface area contributed by atoms with Crippen molar-refractivity contribution in [2.75, 3.05) is 5.73 Å². The van der Waals surface area contributed by atoms with E-state index in [-0.39, 0.29) is 11.2 Å². The summed E-state index contributed by atoms with van der Waals surface area (Å²) in [4.78, 5) is 0. The highest BCUT2D eigenvalue weighted by molar-refractivity contribution is 6.62. The first-order chi connectivity index (χ1) is 8.77. The van der Waals surface area contributed by atoms with Gasteiger partial charge in [-0.1, -0.05) is 12.1 Å². The summed E-state index contributed by atoms with van der Waals surface area (Å²) < 4.78 is 12.0. The van der Waals surface area contributed by atoms with Gasteiger partial charge < -0.3 is 20.9 Å². The van der Waals surface area contributed by atoms with Gasteiger partial charge in [-0.3, -0.25) is 0 Å². The molecule has 1 heterocycles. The molecule has 0 amide bonds. The summed E-state index contributed by atoms with van der Waals surface area (Å²) in [5.41, 5.74) is 7.42. The van der Waals surface area contributed by atoms with Gasteiger partial charge in [-0.15, -0.1) is 0 Å². The van der Waals surface area contributed by atoms with Crippen molar-refractivity contribution in [3.8, 4) is 0 Å². The minimum Gasteiger partial charge on any atom is -0.399 e. The Kier molecular flexibility index (Phi) is 3.32. The van der Waals surface area contributed by atoms with Crippen LogP contribution in [0.2, 0.25) is 0 Å². The third kappa shape index (κ3) is 2.46. The summed E-state index contributed by atoms with van der Waals surface area (Å²) in [6.45, 7) is 8.08. The van der Waals surface area contributed by atoms with Crippen molar-refractivity contribution in [3.63, 3.8) is 0 Å². The number of nitrogen functional groups attached to an aromatic ring is 1. The summed E-state index contributed by atoms with van der Waals surface area (Å²) in [5.74, 6) is 5.17. The third-order valence-corrected chi connectivity index (χ3v) is 3.85. The van der Waals surface area contributed by atoms with Crippen molar-refractivity contribution in [2.45, 2.75) is 38.9 Å². The van der Waals surface area contributed by atoms with Crippen LogP contribution < -0.4 is 17.0 Å². The van der Waals surface area contributed by atoms with Crippen LogP contribution in [-0.4, -0.2) is 24.5 Å². The molecule has 1 aliphatic heterocycles. The molecule has 102 valence electrons. The van der Waals surface area contributed by atoms with Crippen LogP contribution in [0.25, 0.3) is 0 Å². The molecule has 0 aliphatic carbocycles. The minimum absolute atomic E-state index is 0.360. The highest BCUT2D eigenvalue weighted by Crippen LogP contribution is 2.36. The lowest BCUT2D eigenvalue weighted by Gasteiger charge is -2.32. The van der Waals surface area contributed by atoms with Gasteiger partial charge >= 0.3 is 7.12 Å². The fourth-order valence-electron chi connectivity index (χ4n) is 1.91. The molecule has 2 rings (SSSR count). The number of hydrogen-bond acceptors (Lipinski definition) is 5. The van der Waals surface area contributed by atoms with Crippen LogP contribution in [0.15, 0.2) is 23.3 Å². The smallest absolute Gasteiger partial charge is 0.399 e. The molecule has 0 spiro atoms. The highest BCUT2D eigenvalue weighted by Gasteiger charge is 2.51. The molecule has 0 atom stereocenters. The average Bonchev–Trinajstić information content (AvgIpc) is 2.51. The van der Waals surface area contributed by atoms with Crippen molar-refractivity contribution in [3.05, 3.63) is 23.8 Å². The normalized spacial score (nSPS) is 21.2. The first-order valence-corrected chi connectivity index (χ1v) is 6.25. The first-order valence-electron chi connectivity index (χ1n) is 6.25. The fraction of sp³-hybridized carbons (Fsp3) is 0.462. The second-order valence-corrected chi connectivity index (χ2v) is 5.75. The molecule has 0 bridgehead atoms. The Hall–Kier alpha value is -1.53. The second-order valence-electron chi connectivity index (χ2n) is 5.75. The number of anilines is 1. The molecule has 1 fully saturated rings. The van der Waals surface area contributed by atoms with Gasteiger partial charge in [0.15, 0.2) is 0 Å². The van der Waals surface area contributed by atoms with E-state index in [4.69, 9.17) is 20.9 Å². The van der Waals surface area contributed by atoms with Gasteiger partial charge in [0.25, 0.3) is 0 Å². The average molecular weight is 261 g/mol. The van der Waals surface area contributed by atoms with Crippen molar-refractivity contribution in [1.29, 1.82) is 0 Å². The fourth-order valence-corrected chi connectivity index (χ4v) is 1.91. The predicted molar refractivity (Wildman–Crippen MR) is 78.4 cm³/mol. The van der Waals surface area contributed by atoms with Gasteiger partial charge in [0, 0.05) is 11.3 Å². The first kappa shape index (κ1) is 13.9. The van der Waals surface area contributed by atoms with E-state index < -0.39 is 7.12 Å². The molecule has 4 N–H and O–H groups in total. The van der Waals surface area contributed by atoms with Crippen molar-refractivity contribution in [2.24, 2.45) is 10.9 Å². The minimum atomic E-state index is -0.407. The van der Waals surface area contributed by atoms with E-state index in [0.717, 1.165) is 11.0 Å². The van der Waals surface area contributed by atoms with E-state index in [2.05, 4.69) is 5.10 Å². The van der Waals surface area contributed by atoms with Gasteiger partial charge in [0.1, 0.15) is 0 Å². The van der Waals surface area contributed by atoms with Crippen LogP contribution in [0.5, 0.6) is 0 Å². The SMILES string of the molecule is CC1(C)OB(c2ccc(N)c(C=NN)c2)OC1(C)C. The molecule has 0 aromatic heterocycles. The van der Waals surface area contributed by atoms with E-state index in [1.165, 1.54) is 6.21 Å². The Morgan fingerprint density at radius 1 is 1.16 bits per heavy atom. The van der Waals surface area contributed by atoms with E-state index in [1.54, 1.807) is 6.07 Å². The molecule has 0 unspecified atom stereocenters. The lowest BCUT2D eigenvalue weighted by molar-refractivity contribution is 0.00578. The van der Waals surface area contributed by atoms with Crippen LogP contribution in [0, 0.1) is 0 Å². The lowest BCUT2D eigenvalue weighted by Crippen LogP contribution is -2.41. The van der Waals surface area contributed by atoms with Crippen molar-refractivity contribution >= 4 is 24.5 Å². The quantitative estimate of drug-likeness (QED) is 0.272. The zero-order valence-corrected chi connectivity index (χ0v) is 11.8. The molecule has 0 radical (unpaired) electrons. The summed E-state index contributed by atoms with van der Waals surface area (Å²) in [5, 5.41) is 3.51. The Bertz CT molecular complexity index is 499. The number of nitrogens with zero attached hydrogens (tertiary/aromatic N) is 1. The van der Waals surface area contributed by atoms with Crippen LogP contribution in [0.3, 0.4) is 0 Å². The largest absolute Gasteiger partial charge is 0.494 e. The van der Waals surface area contributed by atoms with E-state index in [9.17, 15) is 0 Å². The number of hydrogen-bond donors (Lipinski definition) is 2. The number of benzene rings is 1. The Labute approximate surface area is 114 Å². The Morgan fingerprint density at radius 2 is 1.74 bits per heavy atom. The summed E-state index contributed by atoms with van der Waals surface area (Å²) >= 11 is 0. The molecule has 1 aromatic rings. The Balaban J connectivity index is 2.32. The maximum absolute atomic E-state index is 5.98. The molecular weight excluding hydrogens is 241 g/mol. The third-order valence-electron chi connectivity index (χ3n) is 3.85. The maximum Gasteiger partial charge on any atom is 0.494 e. The molecule has 0 saturated carbocycles. The van der Waals surface area contributed by atoms with Crippen molar-refractivity contribution in [1.82, 2.24) is 0 Å².